The molecule has 0 unspecified atom stereocenters. The first-order valence-corrected chi connectivity index (χ1v) is 8.48. The Hall–Kier alpha value is -2.14. The van der Waals surface area contributed by atoms with Crippen LogP contribution in [0.5, 0.6) is 0 Å². The highest BCUT2D eigenvalue weighted by atomic mass is 32.2. The molecule has 116 valence electrons. The molecule has 0 spiro atoms. The third-order valence-corrected chi connectivity index (χ3v) is 4.81. The lowest BCUT2D eigenvalue weighted by Gasteiger charge is -2.07. The fourth-order valence-corrected chi connectivity index (χ4v) is 2.79. The summed E-state index contributed by atoms with van der Waals surface area (Å²) in [6.45, 7) is 7.74. The monoisotopic (exact) mass is 316 g/mol. The van der Waals surface area contributed by atoms with Gasteiger partial charge in [-0.3, -0.25) is 0 Å². The van der Waals surface area contributed by atoms with E-state index in [2.05, 4.69) is 9.93 Å². The fraction of sp³-hybridized carbons (Fsp3) is 0.235. The van der Waals surface area contributed by atoms with Crippen molar-refractivity contribution in [3.05, 3.63) is 64.7 Å². The van der Waals surface area contributed by atoms with E-state index in [0.29, 0.717) is 5.71 Å². The first kappa shape index (κ1) is 16.2. The third-order valence-electron chi connectivity index (χ3n) is 3.59. The number of hydrazone groups is 1. The first-order chi connectivity index (χ1) is 10.3. The van der Waals surface area contributed by atoms with Gasteiger partial charge in [0.2, 0.25) is 0 Å². The first-order valence-electron chi connectivity index (χ1n) is 7.00. The van der Waals surface area contributed by atoms with Crippen LogP contribution in [-0.4, -0.2) is 14.1 Å². The van der Waals surface area contributed by atoms with Crippen molar-refractivity contribution in [1.29, 1.82) is 0 Å². The molecule has 1 N–H and O–H groups in total. The van der Waals surface area contributed by atoms with E-state index in [-0.39, 0.29) is 4.90 Å². The highest BCUT2D eigenvalue weighted by Gasteiger charge is 2.12. The van der Waals surface area contributed by atoms with Gasteiger partial charge >= 0.3 is 0 Å². The van der Waals surface area contributed by atoms with Gasteiger partial charge in [-0.15, -0.1) is 0 Å². The molecule has 0 saturated heterocycles. The zero-order valence-corrected chi connectivity index (χ0v) is 14.0. The van der Waals surface area contributed by atoms with E-state index >= 15 is 0 Å². The largest absolute Gasteiger partial charge is 0.276 e. The van der Waals surface area contributed by atoms with Gasteiger partial charge in [0.05, 0.1) is 10.6 Å². The maximum absolute atomic E-state index is 12.2. The highest BCUT2D eigenvalue weighted by Crippen LogP contribution is 2.12. The Morgan fingerprint density at radius 1 is 0.955 bits per heavy atom. The van der Waals surface area contributed by atoms with Gasteiger partial charge in [-0.05, 0) is 62.6 Å². The molecular weight excluding hydrogens is 296 g/mol. The van der Waals surface area contributed by atoms with Crippen LogP contribution in [0.4, 0.5) is 0 Å². The summed E-state index contributed by atoms with van der Waals surface area (Å²) in [7, 11) is -3.64. The lowest BCUT2D eigenvalue weighted by molar-refractivity contribution is 0.584. The summed E-state index contributed by atoms with van der Waals surface area (Å²) in [5.41, 5.74) is 4.87. The predicted octanol–water partition coefficient (Wildman–Crippen LogP) is 3.31. The van der Waals surface area contributed by atoms with Crippen molar-refractivity contribution in [3.8, 4) is 0 Å². The molecular formula is C17H20N2O2S. The maximum atomic E-state index is 12.2. The predicted molar refractivity (Wildman–Crippen MR) is 89.6 cm³/mol. The van der Waals surface area contributed by atoms with Crippen LogP contribution in [0.3, 0.4) is 0 Å². The lowest BCUT2D eigenvalue weighted by atomic mass is 10.0. The van der Waals surface area contributed by atoms with Crippen molar-refractivity contribution in [2.45, 2.75) is 32.6 Å². The van der Waals surface area contributed by atoms with E-state index in [0.717, 1.165) is 16.7 Å². The molecule has 0 aliphatic carbocycles. The number of benzene rings is 2. The van der Waals surface area contributed by atoms with Crippen molar-refractivity contribution >= 4 is 15.7 Å². The van der Waals surface area contributed by atoms with E-state index in [4.69, 9.17) is 0 Å². The summed E-state index contributed by atoms with van der Waals surface area (Å²) in [5.74, 6) is 0. The van der Waals surface area contributed by atoms with Gasteiger partial charge in [-0.2, -0.15) is 18.4 Å². The summed E-state index contributed by atoms with van der Waals surface area (Å²) in [5, 5.41) is 4.01. The molecule has 2 aromatic rings. The van der Waals surface area contributed by atoms with Crippen LogP contribution in [0.1, 0.15) is 29.2 Å². The zero-order chi connectivity index (χ0) is 16.3. The molecule has 4 nitrogen and oxygen atoms in total. The molecule has 0 atom stereocenters. The number of aryl methyl sites for hydroxylation is 3. The molecule has 0 bridgehead atoms. The molecule has 22 heavy (non-hydrogen) atoms. The van der Waals surface area contributed by atoms with Crippen LogP contribution in [0.2, 0.25) is 0 Å². The molecule has 5 heteroatoms. The number of rotatable bonds is 4. The van der Waals surface area contributed by atoms with E-state index in [1.54, 1.807) is 31.2 Å². The topological polar surface area (TPSA) is 58.5 Å². The minimum absolute atomic E-state index is 0.203. The average molecular weight is 316 g/mol. The van der Waals surface area contributed by atoms with Gasteiger partial charge in [0.25, 0.3) is 10.0 Å². The maximum Gasteiger partial charge on any atom is 0.276 e. The average Bonchev–Trinajstić information content (AvgIpc) is 2.48. The molecule has 2 aromatic carbocycles. The molecule has 0 amide bonds. The fourth-order valence-electron chi connectivity index (χ4n) is 1.93. The van der Waals surface area contributed by atoms with Crippen LogP contribution in [0, 0.1) is 20.8 Å². The van der Waals surface area contributed by atoms with Crippen LogP contribution in [0.15, 0.2) is 52.5 Å². The third kappa shape index (κ3) is 3.74. The Morgan fingerprint density at radius 3 is 2.18 bits per heavy atom. The minimum atomic E-state index is -3.64. The number of hydrogen-bond acceptors (Lipinski definition) is 3. The minimum Gasteiger partial charge on any atom is -0.200 e. The second-order valence-electron chi connectivity index (χ2n) is 5.40. The van der Waals surface area contributed by atoms with Gasteiger partial charge in [0, 0.05) is 0 Å². The number of nitrogens with zero attached hydrogens (tertiary/aromatic N) is 1. The lowest BCUT2D eigenvalue weighted by Crippen LogP contribution is -2.20. The normalized spacial score (nSPS) is 12.3. The standard InChI is InChI=1S/C17H20N2O2S/c1-12-5-9-17(10-6-12)22(20,21)19-18-15(4)16-8-7-13(2)14(3)11-16/h5-11,19H,1-4H3/b18-15+. The van der Waals surface area contributed by atoms with E-state index in [1.807, 2.05) is 39.0 Å². The molecule has 0 aliphatic rings. The van der Waals surface area contributed by atoms with Crippen LogP contribution < -0.4 is 4.83 Å². The molecule has 0 aliphatic heterocycles. The Labute approximate surface area is 131 Å². The van der Waals surface area contributed by atoms with Crippen molar-refractivity contribution in [2.75, 3.05) is 0 Å². The smallest absolute Gasteiger partial charge is 0.200 e. The number of hydrogen-bond donors (Lipinski definition) is 1. The van der Waals surface area contributed by atoms with Crippen LogP contribution in [0.25, 0.3) is 0 Å². The summed E-state index contributed by atoms with van der Waals surface area (Å²) in [6, 6.07) is 12.6. The SMILES string of the molecule is C/C(=N\NS(=O)(=O)c1ccc(C)cc1)c1ccc(C)c(C)c1. The molecule has 0 fully saturated rings. The summed E-state index contributed by atoms with van der Waals surface area (Å²) >= 11 is 0. The Kier molecular flexibility index (Phi) is 4.66. The Morgan fingerprint density at radius 2 is 1.59 bits per heavy atom. The van der Waals surface area contributed by atoms with Crippen molar-refractivity contribution < 1.29 is 8.42 Å². The van der Waals surface area contributed by atoms with Gasteiger partial charge < -0.3 is 0 Å². The van der Waals surface area contributed by atoms with E-state index < -0.39 is 10.0 Å². The quantitative estimate of drug-likeness (QED) is 0.695. The molecule has 0 heterocycles. The summed E-state index contributed by atoms with van der Waals surface area (Å²) < 4.78 is 24.4. The molecule has 0 aromatic heterocycles. The van der Waals surface area contributed by atoms with Crippen LogP contribution in [-0.2, 0) is 10.0 Å². The highest BCUT2D eigenvalue weighted by molar-refractivity contribution is 7.89. The second kappa shape index (κ2) is 6.32. The zero-order valence-electron chi connectivity index (χ0n) is 13.2. The molecule has 2 rings (SSSR count). The summed E-state index contributed by atoms with van der Waals surface area (Å²) in [6.07, 6.45) is 0. The molecule has 0 radical (unpaired) electrons. The van der Waals surface area contributed by atoms with Gasteiger partial charge in [0.15, 0.2) is 0 Å². The van der Waals surface area contributed by atoms with Crippen molar-refractivity contribution in [1.82, 2.24) is 4.83 Å². The molecule has 0 saturated carbocycles. The van der Waals surface area contributed by atoms with Gasteiger partial charge in [0.1, 0.15) is 0 Å². The number of nitrogens with one attached hydrogen (secondary N) is 1. The van der Waals surface area contributed by atoms with E-state index in [1.165, 1.54) is 5.56 Å². The van der Waals surface area contributed by atoms with Crippen LogP contribution >= 0.6 is 0 Å². The van der Waals surface area contributed by atoms with Gasteiger partial charge in [-0.25, -0.2) is 0 Å². The Balaban J connectivity index is 2.22. The van der Waals surface area contributed by atoms with Gasteiger partial charge in [-0.1, -0.05) is 29.8 Å². The number of sulfonamides is 1. The van der Waals surface area contributed by atoms with Crippen molar-refractivity contribution in [3.63, 3.8) is 0 Å². The van der Waals surface area contributed by atoms with Crippen molar-refractivity contribution in [2.24, 2.45) is 5.10 Å². The Bertz CT molecular complexity index is 807. The second-order valence-corrected chi connectivity index (χ2v) is 7.06. The summed E-state index contributed by atoms with van der Waals surface area (Å²) in [4.78, 5) is 2.49. The van der Waals surface area contributed by atoms with E-state index in [9.17, 15) is 8.42 Å².